The Morgan fingerprint density at radius 3 is 1.11 bits per heavy atom. The molecule has 2 aliphatic heterocycles. The van der Waals surface area contributed by atoms with E-state index in [0.29, 0.717) is 31.8 Å². The molecule has 2 saturated heterocycles. The van der Waals surface area contributed by atoms with Crippen LogP contribution in [0, 0.1) is 5.92 Å². The van der Waals surface area contributed by atoms with Crippen LogP contribution >= 0.6 is 11.8 Å². The van der Waals surface area contributed by atoms with Crippen molar-refractivity contribution in [1.82, 2.24) is 72.8 Å². The van der Waals surface area contributed by atoms with Gasteiger partial charge in [0.05, 0.1) is 154 Å². The zero-order valence-corrected chi connectivity index (χ0v) is 72.1. The number of carboxylic acids is 4. The summed E-state index contributed by atoms with van der Waals surface area (Å²) < 4.78 is 5.39. The molecule has 0 aliphatic carbocycles. The maximum Gasteiger partial charge on any atom is 1.00 e. The Kier molecular flexibility index (Phi) is 61.4. The van der Waals surface area contributed by atoms with Crippen molar-refractivity contribution in [3.8, 4) is 0 Å². The molecule has 44 heteroatoms. The van der Waals surface area contributed by atoms with E-state index < -0.39 is 230 Å². The van der Waals surface area contributed by atoms with E-state index in [9.17, 15) is 116 Å². The molecular weight excluding hydrogens is 1500 g/mol. The second-order valence-corrected chi connectivity index (χ2v) is 26.2. The molecule has 4 atom stereocenters. The third kappa shape index (κ3) is 52.0. The van der Waals surface area contributed by atoms with E-state index in [0.717, 1.165) is 25.7 Å². The van der Waals surface area contributed by atoms with Crippen molar-refractivity contribution >= 4 is 130 Å². The van der Waals surface area contributed by atoms with Gasteiger partial charge in [-0.05, 0) is 25.2 Å². The maximum atomic E-state index is 12.9. The first-order valence-corrected chi connectivity index (χ1v) is 35.8. The molecule has 14 amide bonds. The molecule has 0 saturated carbocycles. The van der Waals surface area contributed by atoms with Gasteiger partial charge in [-0.2, -0.15) is 11.8 Å². The van der Waals surface area contributed by atoms with E-state index in [4.69, 9.17) is 4.74 Å². The van der Waals surface area contributed by atoms with Crippen LogP contribution in [0.5, 0.6) is 0 Å². The SMILES string of the molecule is CCCCCCCCCCCCCCC(CC)COC(=O)CCC(=O)NCC(=O)NCC(=O)N(CC(=O)[O-])CC(=O)NCC(=O)NCC(=O)N(CC(=O)[O-])CC(=O)CCCC(=O)CN(CC(=O)[O-])C(=O)CNC(=O)CNC(=O)CN(CC(=O)[O-])C(=O)CNC(=O)CNC(=O)CC[C@@H]1SC[C@@H]2NC(=O)N[C@@H]21.[Na+].[Na+].[Na+].[Na+]. The summed E-state index contributed by atoms with van der Waals surface area (Å²) in [6.45, 7) is -10.5. The molecule has 588 valence electrons. The number of ether oxygens (including phenoxy) is 1. The van der Waals surface area contributed by atoms with Crippen LogP contribution in [0.4, 0.5) is 4.79 Å². The van der Waals surface area contributed by atoms with E-state index >= 15 is 0 Å². The number of Topliss-reactive ketones (excluding diaryl/α,β-unsaturated/α-hetero) is 2. The number of ketones is 2. The van der Waals surface area contributed by atoms with E-state index in [1.807, 2.05) is 6.92 Å². The molecule has 39 nitrogen and oxygen atoms in total. The van der Waals surface area contributed by atoms with Crippen molar-refractivity contribution in [3.63, 3.8) is 0 Å². The molecule has 0 radical (unpaired) electrons. The summed E-state index contributed by atoms with van der Waals surface area (Å²) in [4.78, 5) is 248. The number of hydrogen-bond donors (Lipinski definition) is 10. The third-order valence-electron chi connectivity index (χ3n) is 16.2. The number of aliphatic carboxylic acids is 4. The molecular formula is C65H98N14Na4O25S. The maximum absolute atomic E-state index is 12.9. The van der Waals surface area contributed by atoms with Crippen LogP contribution in [0.1, 0.15) is 149 Å². The number of nitrogens with one attached hydrogen (secondary N) is 10. The van der Waals surface area contributed by atoms with E-state index in [-0.39, 0.29) is 180 Å². The summed E-state index contributed by atoms with van der Waals surface area (Å²) in [7, 11) is 0. The predicted molar refractivity (Wildman–Crippen MR) is 359 cm³/mol. The van der Waals surface area contributed by atoms with Gasteiger partial charge in [-0.25, -0.2) is 4.79 Å². The number of unbranched alkanes of at least 4 members (excludes halogenated alkanes) is 11. The zero-order valence-electron chi connectivity index (χ0n) is 63.3. The molecule has 0 spiro atoms. The van der Waals surface area contributed by atoms with E-state index in [2.05, 4.69) is 60.1 Å². The molecule has 109 heavy (non-hydrogen) atoms. The molecule has 2 rings (SSSR count). The van der Waals surface area contributed by atoms with Crippen LogP contribution in [0.3, 0.4) is 0 Å². The summed E-state index contributed by atoms with van der Waals surface area (Å²) >= 11 is 1.58. The number of carboxylic acid groups (broad SMARTS) is 4. The Labute approximate surface area is 724 Å². The average molecular weight is 1600 g/mol. The van der Waals surface area contributed by atoms with Crippen molar-refractivity contribution in [2.45, 2.75) is 166 Å². The van der Waals surface area contributed by atoms with Gasteiger partial charge in [0.2, 0.25) is 70.9 Å². The van der Waals surface area contributed by atoms with Crippen LogP contribution < -0.4 is 192 Å². The van der Waals surface area contributed by atoms with Crippen LogP contribution in [0.2, 0.25) is 0 Å². The number of thioether (sulfide) groups is 1. The first kappa shape index (κ1) is 107. The smallest absolute Gasteiger partial charge is 0.548 e. The minimum Gasteiger partial charge on any atom is -0.548 e. The monoisotopic (exact) mass is 1600 g/mol. The Balaban J connectivity index is -0.0000281. The van der Waals surface area contributed by atoms with Gasteiger partial charge in [0.15, 0.2) is 11.6 Å². The minimum absolute atomic E-state index is 0. The number of fused-ring (bicyclic) bond motifs is 1. The van der Waals surface area contributed by atoms with Crippen LogP contribution in [-0.2, 0) is 95.8 Å². The summed E-state index contributed by atoms with van der Waals surface area (Å²) in [6, 6.07) is -0.499. The van der Waals surface area contributed by atoms with Crippen molar-refractivity contribution in [1.29, 1.82) is 0 Å². The Morgan fingerprint density at radius 2 is 0.743 bits per heavy atom. The van der Waals surface area contributed by atoms with Crippen molar-refractivity contribution in [2.24, 2.45) is 5.92 Å². The molecule has 2 aliphatic rings. The van der Waals surface area contributed by atoms with Gasteiger partial charge in [-0.15, -0.1) is 0 Å². The first-order valence-electron chi connectivity index (χ1n) is 34.8. The standard InChI is InChI=1S/C65H102N14O25S.4Na/c1-3-5-6-7-8-9-10-11-12-13-14-15-17-42(4-2)40-104-63(102)23-22-48(83)67-25-50(85)73-31-58(93)79(39-62(100)101)35-54(89)69-27-52(87)71-29-56(91)77(37-60(96)97)33-44(81)19-16-18-43(80)32-76(36-59(94)95)55(90)28-70-51(86)26-68-53(88)34-78(38-61(98)99)57(92)30-72-49(84)24-66-47(82)21-20-46-64-45(41-105-46)74-65(103)75-64;;;;/h42,45-46,64H,3-41H2,1-2H3,(H,66,82)(H,67,83)(H,68,88)(H,69,89)(H,70,86)(H,71,87)(H,72,84)(H,73,85)(H,94,95)(H,96,97)(H,98,99)(H,100,101)(H2,74,75,103);;;;/q;4*+1/p-4/t42?,45-,46-,64-;;;;/m0..../s1. The zero-order chi connectivity index (χ0) is 78.2. The van der Waals surface area contributed by atoms with Crippen LogP contribution in [0.15, 0.2) is 0 Å². The van der Waals surface area contributed by atoms with Gasteiger partial charge in [0.1, 0.15) is 0 Å². The third-order valence-corrected chi connectivity index (χ3v) is 17.7. The fourth-order valence-electron chi connectivity index (χ4n) is 10.5. The number of esters is 1. The number of hydrogen-bond acceptors (Lipinski definition) is 26. The Bertz CT molecular complexity index is 3060. The average Bonchev–Trinajstić information content (AvgIpc) is 1.67. The van der Waals surface area contributed by atoms with Gasteiger partial charge < -0.3 is 117 Å². The van der Waals surface area contributed by atoms with Gasteiger partial charge in [-0.3, -0.25) is 71.9 Å². The van der Waals surface area contributed by atoms with Crippen LogP contribution in [-0.4, -0.2) is 272 Å². The minimum atomic E-state index is -1.84. The van der Waals surface area contributed by atoms with Gasteiger partial charge in [0.25, 0.3) is 0 Å². The molecule has 1 unspecified atom stereocenters. The normalized spacial score (nSPS) is 13.7. The Morgan fingerprint density at radius 1 is 0.404 bits per heavy atom. The fraction of sp³-hybridized carbons (Fsp3) is 0.692. The van der Waals surface area contributed by atoms with E-state index in [1.165, 1.54) is 64.2 Å². The summed E-state index contributed by atoms with van der Waals surface area (Å²) in [5.41, 5.74) is 0. The van der Waals surface area contributed by atoms with Crippen molar-refractivity contribution in [2.75, 3.05) is 117 Å². The molecule has 0 aromatic heterocycles. The second-order valence-electron chi connectivity index (χ2n) is 24.9. The Hall–Kier alpha value is -6.05. The predicted octanol–water partition coefficient (Wildman–Crippen LogP) is -21.1. The summed E-state index contributed by atoms with van der Waals surface area (Å²) in [5, 5.41) is 68.5. The fourth-order valence-corrected chi connectivity index (χ4v) is 12.0. The number of carbonyl (C=O) groups is 20. The van der Waals surface area contributed by atoms with Crippen molar-refractivity contribution in [3.05, 3.63) is 0 Å². The van der Waals surface area contributed by atoms with Crippen LogP contribution in [0.25, 0.3) is 0 Å². The number of urea groups is 1. The molecule has 0 bridgehead atoms. The molecule has 0 aromatic rings. The summed E-state index contributed by atoms with van der Waals surface area (Å²) in [6.07, 6.45) is 15.1. The topological polar surface area (TPSA) is 576 Å². The molecule has 2 heterocycles. The molecule has 0 aromatic carbocycles. The van der Waals surface area contributed by atoms with Gasteiger partial charge in [0, 0.05) is 36.7 Å². The van der Waals surface area contributed by atoms with Crippen molar-refractivity contribution < 1.29 is 239 Å². The molecule has 10 N–H and O–H groups in total. The number of nitrogens with zero attached hydrogens (tertiary/aromatic N) is 4. The second kappa shape index (κ2) is 62.5. The number of carbonyl (C=O) groups excluding carboxylic acids is 20. The summed E-state index contributed by atoms with van der Waals surface area (Å²) in [5.74, 6) is -20.5. The van der Waals surface area contributed by atoms with Gasteiger partial charge >= 0.3 is 130 Å². The first-order chi connectivity index (χ1) is 49.9. The van der Waals surface area contributed by atoms with Gasteiger partial charge in [-0.1, -0.05) is 97.3 Å². The number of rotatable bonds is 58. The van der Waals surface area contributed by atoms with E-state index in [1.54, 1.807) is 11.8 Å². The quantitative estimate of drug-likeness (QED) is 0.0117. The molecule has 2 fully saturated rings. The number of amides is 14. The largest absolute Gasteiger partial charge is 1.00 e.